The second-order valence-corrected chi connectivity index (χ2v) is 8.26. The molecule has 2 amide bonds. The van der Waals surface area contributed by atoms with Crippen LogP contribution in [0, 0.1) is 6.92 Å². The first-order chi connectivity index (χ1) is 14.2. The Labute approximate surface area is 179 Å². The molecule has 0 N–H and O–H groups in total. The van der Waals surface area contributed by atoms with Crippen LogP contribution >= 0.6 is 22.9 Å². The van der Waals surface area contributed by atoms with Gasteiger partial charge < -0.3 is 14.4 Å². The fourth-order valence-electron chi connectivity index (χ4n) is 2.92. The predicted octanol–water partition coefficient (Wildman–Crippen LogP) is 4.97. The maximum atomic E-state index is 13.3. The van der Waals surface area contributed by atoms with Gasteiger partial charge in [0.25, 0.3) is 0 Å². The molecular weight excluding hydrogens is 436 g/mol. The van der Waals surface area contributed by atoms with Crippen LogP contribution in [0.25, 0.3) is 5.69 Å². The van der Waals surface area contributed by atoms with Crippen LogP contribution in [-0.4, -0.2) is 28.8 Å². The summed E-state index contributed by atoms with van der Waals surface area (Å²) in [5.41, 5.74) is 1.32. The summed E-state index contributed by atoms with van der Waals surface area (Å²) in [7, 11) is 1.63. The van der Waals surface area contributed by atoms with Gasteiger partial charge in [-0.1, -0.05) is 29.8 Å². The Kier molecular flexibility index (Phi) is 5.25. The molecule has 0 aliphatic carbocycles. The highest BCUT2D eigenvalue weighted by Crippen LogP contribution is 2.41. The lowest BCUT2D eigenvalue weighted by Gasteiger charge is -2.15. The van der Waals surface area contributed by atoms with E-state index < -0.39 is 12.3 Å². The Hall–Kier alpha value is -2.91. The van der Waals surface area contributed by atoms with Crippen molar-refractivity contribution in [3.63, 3.8) is 0 Å². The zero-order valence-electron chi connectivity index (χ0n) is 15.9. The van der Waals surface area contributed by atoms with E-state index >= 15 is 0 Å². The summed E-state index contributed by atoms with van der Waals surface area (Å²) in [6, 6.07) is 11.2. The van der Waals surface area contributed by atoms with Crippen LogP contribution in [0.1, 0.15) is 10.4 Å². The summed E-state index contributed by atoms with van der Waals surface area (Å²) in [4.78, 5) is 19.6. The lowest BCUT2D eigenvalue weighted by molar-refractivity contribution is -0.286. The van der Waals surface area contributed by atoms with Crippen molar-refractivity contribution in [3.05, 3.63) is 68.9 Å². The molecule has 1 aromatic heterocycles. The van der Waals surface area contributed by atoms with Crippen LogP contribution in [0.15, 0.2) is 53.7 Å². The Morgan fingerprint density at radius 3 is 2.73 bits per heavy atom. The minimum atomic E-state index is -3.69. The van der Waals surface area contributed by atoms with Gasteiger partial charge in [-0.3, -0.25) is 4.57 Å². The van der Waals surface area contributed by atoms with Gasteiger partial charge in [0, 0.05) is 35.8 Å². The highest BCUT2D eigenvalue weighted by atomic mass is 35.5. The molecule has 0 fully saturated rings. The first kappa shape index (κ1) is 20.4. The quantitative estimate of drug-likeness (QED) is 0.564. The number of hydrogen-bond donors (Lipinski definition) is 0. The second-order valence-electron chi connectivity index (χ2n) is 6.63. The monoisotopic (exact) mass is 451 g/mol. The molecule has 2 aromatic carbocycles. The molecule has 6 nitrogen and oxygen atoms in total. The maximum absolute atomic E-state index is 13.3. The van der Waals surface area contributed by atoms with Crippen molar-refractivity contribution >= 4 is 29.0 Å². The van der Waals surface area contributed by atoms with E-state index in [0.29, 0.717) is 22.1 Å². The van der Waals surface area contributed by atoms with Crippen molar-refractivity contribution in [1.82, 2.24) is 9.47 Å². The summed E-state index contributed by atoms with van der Waals surface area (Å²) in [5, 5.41) is 0.566. The number of carbonyl (C=O) groups is 1. The van der Waals surface area contributed by atoms with Crippen LogP contribution in [0.4, 0.5) is 13.6 Å². The van der Waals surface area contributed by atoms with Crippen LogP contribution in [0.5, 0.6) is 11.5 Å². The summed E-state index contributed by atoms with van der Waals surface area (Å²) in [6.45, 7) is 2.16. The highest BCUT2D eigenvalue weighted by molar-refractivity contribution is 7.09. The van der Waals surface area contributed by atoms with Gasteiger partial charge in [-0.05, 0) is 30.7 Å². The summed E-state index contributed by atoms with van der Waals surface area (Å²) >= 11 is 7.46. The molecule has 0 atom stereocenters. The number of benzene rings is 2. The molecule has 1 aliphatic heterocycles. The Morgan fingerprint density at radius 2 is 1.97 bits per heavy atom. The first-order valence-corrected chi connectivity index (χ1v) is 10.0. The topological polar surface area (TPSA) is 56.1 Å². The van der Waals surface area contributed by atoms with Gasteiger partial charge in [0.05, 0.1) is 5.69 Å². The number of halogens is 3. The lowest BCUT2D eigenvalue weighted by Crippen LogP contribution is -2.26. The normalized spacial score (nSPS) is 14.8. The summed E-state index contributed by atoms with van der Waals surface area (Å²) < 4.78 is 37.2. The third-order valence-electron chi connectivity index (χ3n) is 4.32. The Morgan fingerprint density at radius 1 is 1.23 bits per heavy atom. The average Bonchev–Trinajstić information content (AvgIpc) is 3.20. The number of amides is 2. The fraction of sp³-hybridized carbons (Fsp3) is 0.200. The number of thiazole rings is 1. The molecule has 156 valence electrons. The third-order valence-corrected chi connectivity index (χ3v) is 5.58. The number of rotatable bonds is 3. The molecule has 4 rings (SSSR count). The van der Waals surface area contributed by atoms with Crippen molar-refractivity contribution < 1.29 is 23.0 Å². The smallest absolute Gasteiger partial charge is 0.395 e. The van der Waals surface area contributed by atoms with Crippen LogP contribution in [0.2, 0.25) is 5.02 Å². The molecular formula is C20H16ClF2N3O3S. The second kappa shape index (κ2) is 7.73. The average molecular weight is 452 g/mol. The van der Waals surface area contributed by atoms with E-state index in [1.807, 2.05) is 25.1 Å². The number of alkyl halides is 2. The summed E-state index contributed by atoms with van der Waals surface area (Å²) in [6.07, 6.45) is -1.93. The molecule has 0 spiro atoms. The number of fused-ring (bicyclic) bond motifs is 1. The maximum Gasteiger partial charge on any atom is 0.586 e. The number of aryl methyl sites for hydroxylation is 1. The van der Waals surface area contributed by atoms with Gasteiger partial charge in [0.15, 0.2) is 16.3 Å². The van der Waals surface area contributed by atoms with Gasteiger partial charge in [0.2, 0.25) is 0 Å². The van der Waals surface area contributed by atoms with E-state index in [2.05, 4.69) is 14.5 Å². The molecule has 2 heterocycles. The molecule has 0 bridgehead atoms. The lowest BCUT2D eigenvalue weighted by atomic mass is 10.2. The number of carbonyl (C=O) groups excluding carboxylic acids is 1. The van der Waals surface area contributed by atoms with Crippen LogP contribution in [-0.2, 0) is 6.54 Å². The van der Waals surface area contributed by atoms with Gasteiger partial charge in [0.1, 0.15) is 0 Å². The first-order valence-electron chi connectivity index (χ1n) is 8.84. The number of ether oxygens (including phenoxy) is 2. The molecule has 0 saturated heterocycles. The van der Waals surface area contributed by atoms with Crippen LogP contribution < -0.4 is 14.3 Å². The summed E-state index contributed by atoms with van der Waals surface area (Å²) in [5.74, 6) is -0.132. The van der Waals surface area contributed by atoms with E-state index in [9.17, 15) is 13.6 Å². The molecule has 1 aliphatic rings. The van der Waals surface area contributed by atoms with Gasteiger partial charge >= 0.3 is 12.3 Å². The van der Waals surface area contributed by atoms with Crippen molar-refractivity contribution in [2.24, 2.45) is 4.99 Å². The number of nitrogens with zero attached hydrogens (tertiary/aromatic N) is 3. The largest absolute Gasteiger partial charge is 0.586 e. The standard InChI is InChI=1S/C20H16ClF2N3O3S/c1-12-10-26(14-7-8-16-17(9-14)29-20(22,23)28-16)19(30-12)24-18(27)25(2)11-13-5-3-4-6-15(13)21/h3-10H,11H2,1-2H3. The molecule has 10 heteroatoms. The van der Waals surface area contributed by atoms with Gasteiger partial charge in [-0.15, -0.1) is 20.1 Å². The number of aromatic nitrogens is 1. The zero-order chi connectivity index (χ0) is 21.5. The van der Waals surface area contributed by atoms with Crippen molar-refractivity contribution in [3.8, 4) is 17.2 Å². The molecule has 30 heavy (non-hydrogen) atoms. The Balaban J connectivity index is 1.63. The molecule has 3 aromatic rings. The van der Waals surface area contributed by atoms with E-state index in [1.54, 1.807) is 29.9 Å². The SMILES string of the molecule is Cc1cn(-c2ccc3c(c2)OC(F)(F)O3)c(=NC(=O)N(C)Cc2ccccc2Cl)s1. The van der Waals surface area contributed by atoms with Gasteiger partial charge in [-0.2, -0.15) is 4.99 Å². The number of hydrogen-bond acceptors (Lipinski definition) is 4. The van der Waals surface area contributed by atoms with E-state index in [-0.39, 0.29) is 11.5 Å². The van der Waals surface area contributed by atoms with Crippen molar-refractivity contribution in [2.75, 3.05) is 7.05 Å². The number of urea groups is 1. The van der Waals surface area contributed by atoms with Crippen LogP contribution in [0.3, 0.4) is 0 Å². The third kappa shape index (κ3) is 4.17. The minimum Gasteiger partial charge on any atom is -0.395 e. The Bertz CT molecular complexity index is 1190. The zero-order valence-corrected chi connectivity index (χ0v) is 17.5. The van der Waals surface area contributed by atoms with E-state index in [0.717, 1.165) is 10.4 Å². The molecule has 0 unspecified atom stereocenters. The van der Waals surface area contributed by atoms with Gasteiger partial charge in [-0.25, -0.2) is 4.79 Å². The molecule has 0 saturated carbocycles. The van der Waals surface area contributed by atoms with E-state index in [4.69, 9.17) is 11.6 Å². The van der Waals surface area contributed by atoms with Crippen molar-refractivity contribution in [2.45, 2.75) is 19.8 Å². The fourth-order valence-corrected chi connectivity index (χ4v) is 3.94. The highest BCUT2D eigenvalue weighted by Gasteiger charge is 2.43. The van der Waals surface area contributed by atoms with Crippen molar-refractivity contribution in [1.29, 1.82) is 0 Å². The van der Waals surface area contributed by atoms with E-state index in [1.165, 1.54) is 28.4 Å². The predicted molar refractivity (Wildman–Crippen MR) is 108 cm³/mol. The molecule has 0 radical (unpaired) electrons. The minimum absolute atomic E-state index is 0.0506.